The van der Waals surface area contributed by atoms with Gasteiger partial charge in [0.1, 0.15) is 0 Å². The van der Waals surface area contributed by atoms with E-state index in [9.17, 15) is 4.79 Å². The second-order valence-electron chi connectivity index (χ2n) is 7.97. The Kier molecular flexibility index (Phi) is 7.70. The highest BCUT2D eigenvalue weighted by Gasteiger charge is 2.18. The van der Waals surface area contributed by atoms with Crippen LogP contribution in [0.1, 0.15) is 30.5 Å². The van der Waals surface area contributed by atoms with Gasteiger partial charge < -0.3 is 5.32 Å². The van der Waals surface area contributed by atoms with E-state index in [1.165, 1.54) is 17.3 Å². The molecule has 1 amide bonds. The predicted molar refractivity (Wildman–Crippen MR) is 141 cm³/mol. The third-order valence-corrected chi connectivity index (χ3v) is 6.86. The number of nitrogens with zero attached hydrogens (tertiary/aromatic N) is 3. The number of aryl methyl sites for hydroxylation is 3. The minimum absolute atomic E-state index is 0.0714. The van der Waals surface area contributed by atoms with E-state index in [1.54, 1.807) is 0 Å². The number of thioether (sulfide) groups is 1. The molecule has 4 rings (SSSR count). The minimum atomic E-state index is -0.0714. The van der Waals surface area contributed by atoms with Gasteiger partial charge in [-0.2, -0.15) is 0 Å². The monoisotopic (exact) mass is 490 g/mol. The maximum absolute atomic E-state index is 12.8. The molecule has 7 heteroatoms. The number of hydrogen-bond donors (Lipinski definition) is 1. The topological polar surface area (TPSA) is 59.8 Å². The molecule has 0 aliphatic heterocycles. The second-order valence-corrected chi connectivity index (χ2v) is 9.35. The van der Waals surface area contributed by atoms with Crippen LogP contribution in [-0.4, -0.2) is 26.4 Å². The van der Waals surface area contributed by atoms with Crippen molar-refractivity contribution in [2.45, 2.75) is 38.8 Å². The van der Waals surface area contributed by atoms with Crippen molar-refractivity contribution in [2.24, 2.45) is 0 Å². The van der Waals surface area contributed by atoms with Gasteiger partial charge in [0.2, 0.25) is 5.91 Å². The van der Waals surface area contributed by atoms with Crippen LogP contribution in [0.25, 0.3) is 17.1 Å². The molecule has 0 radical (unpaired) electrons. The Morgan fingerprint density at radius 3 is 2.38 bits per heavy atom. The number of rotatable bonds is 8. The van der Waals surface area contributed by atoms with Crippen LogP contribution in [0.5, 0.6) is 0 Å². The van der Waals surface area contributed by atoms with Gasteiger partial charge >= 0.3 is 0 Å². The lowest BCUT2D eigenvalue weighted by Crippen LogP contribution is -2.16. The largest absolute Gasteiger partial charge is 0.325 e. The lowest BCUT2D eigenvalue weighted by molar-refractivity contribution is -0.113. The van der Waals surface area contributed by atoms with Crippen LogP contribution in [0.2, 0.25) is 5.02 Å². The van der Waals surface area contributed by atoms with Crippen molar-refractivity contribution in [3.63, 3.8) is 0 Å². The summed E-state index contributed by atoms with van der Waals surface area (Å²) in [7, 11) is 0. The SMILES string of the molecule is CCc1ccc(-n2c(SCC(=O)Nc3c(C)cccc3CC)nnc2-c2ccc(Cl)cc2)cc1. The molecule has 1 aromatic heterocycles. The number of carbonyl (C=O) groups excluding carboxylic acids is 1. The van der Waals surface area contributed by atoms with E-state index in [0.29, 0.717) is 16.0 Å². The first kappa shape index (κ1) is 24.0. The van der Waals surface area contributed by atoms with E-state index >= 15 is 0 Å². The van der Waals surface area contributed by atoms with E-state index in [1.807, 2.05) is 54.0 Å². The zero-order chi connectivity index (χ0) is 24.1. The van der Waals surface area contributed by atoms with Crippen LogP contribution >= 0.6 is 23.4 Å². The second kappa shape index (κ2) is 10.9. The first-order valence-corrected chi connectivity index (χ1v) is 12.7. The lowest BCUT2D eigenvalue weighted by Gasteiger charge is -2.13. The zero-order valence-corrected chi connectivity index (χ0v) is 21.1. The Hall–Kier alpha value is -3.09. The van der Waals surface area contributed by atoms with Gasteiger partial charge in [-0.25, -0.2) is 0 Å². The molecule has 0 aliphatic rings. The maximum atomic E-state index is 12.8. The molecule has 174 valence electrons. The average molecular weight is 491 g/mol. The van der Waals surface area contributed by atoms with Gasteiger partial charge in [0, 0.05) is 22.0 Å². The third kappa shape index (κ3) is 5.34. The van der Waals surface area contributed by atoms with Gasteiger partial charge in [-0.3, -0.25) is 9.36 Å². The zero-order valence-electron chi connectivity index (χ0n) is 19.5. The number of anilines is 1. The maximum Gasteiger partial charge on any atom is 0.234 e. The Balaban J connectivity index is 1.61. The molecule has 0 saturated carbocycles. The molecule has 0 atom stereocenters. The molecule has 4 aromatic rings. The number of benzene rings is 3. The molecule has 0 aliphatic carbocycles. The number of aromatic nitrogens is 3. The Bertz CT molecular complexity index is 1280. The number of hydrogen-bond acceptors (Lipinski definition) is 4. The summed E-state index contributed by atoms with van der Waals surface area (Å²) in [6, 6.07) is 21.9. The van der Waals surface area contributed by atoms with E-state index in [0.717, 1.165) is 40.9 Å². The van der Waals surface area contributed by atoms with Gasteiger partial charge in [0.15, 0.2) is 11.0 Å². The van der Waals surface area contributed by atoms with Gasteiger partial charge in [0.25, 0.3) is 0 Å². The third-order valence-electron chi connectivity index (χ3n) is 5.68. The lowest BCUT2D eigenvalue weighted by atomic mass is 10.1. The molecule has 5 nitrogen and oxygen atoms in total. The van der Waals surface area contributed by atoms with E-state index in [2.05, 4.69) is 53.6 Å². The summed E-state index contributed by atoms with van der Waals surface area (Å²) in [6.45, 7) is 6.23. The number of amides is 1. The van der Waals surface area contributed by atoms with Crippen molar-refractivity contribution in [1.82, 2.24) is 14.8 Å². The normalized spacial score (nSPS) is 10.9. The number of halogens is 1. The summed E-state index contributed by atoms with van der Waals surface area (Å²) in [5, 5.41) is 13.3. The first-order valence-electron chi connectivity index (χ1n) is 11.3. The van der Waals surface area contributed by atoms with Crippen LogP contribution in [0.3, 0.4) is 0 Å². The van der Waals surface area contributed by atoms with Crippen LogP contribution < -0.4 is 5.32 Å². The van der Waals surface area contributed by atoms with Gasteiger partial charge in [-0.15, -0.1) is 10.2 Å². The van der Waals surface area contributed by atoms with Crippen LogP contribution in [0, 0.1) is 6.92 Å². The van der Waals surface area contributed by atoms with E-state index < -0.39 is 0 Å². The molecule has 3 aromatic carbocycles. The fourth-order valence-corrected chi connectivity index (χ4v) is 4.65. The van der Waals surface area contributed by atoms with Crippen molar-refractivity contribution in [1.29, 1.82) is 0 Å². The Morgan fingerprint density at radius 1 is 0.971 bits per heavy atom. The van der Waals surface area contributed by atoms with Crippen molar-refractivity contribution in [3.8, 4) is 17.1 Å². The van der Waals surface area contributed by atoms with E-state index in [4.69, 9.17) is 11.6 Å². The van der Waals surface area contributed by atoms with Crippen LogP contribution in [0.4, 0.5) is 5.69 Å². The molecule has 0 bridgehead atoms. The number of nitrogens with one attached hydrogen (secondary N) is 1. The molecule has 34 heavy (non-hydrogen) atoms. The summed E-state index contributed by atoms with van der Waals surface area (Å²) < 4.78 is 1.99. The van der Waals surface area contributed by atoms with Gasteiger partial charge in [-0.1, -0.05) is 67.5 Å². The summed E-state index contributed by atoms with van der Waals surface area (Å²) in [4.78, 5) is 12.8. The fraction of sp³-hybridized carbons (Fsp3) is 0.222. The summed E-state index contributed by atoms with van der Waals surface area (Å²) in [5.74, 6) is 0.859. The molecule has 0 unspecified atom stereocenters. The van der Waals surface area contributed by atoms with Crippen LogP contribution in [0.15, 0.2) is 71.9 Å². The smallest absolute Gasteiger partial charge is 0.234 e. The molecule has 0 spiro atoms. The quantitative estimate of drug-likeness (QED) is 0.277. The van der Waals surface area contributed by atoms with Gasteiger partial charge in [-0.05, 0) is 72.9 Å². The molecule has 1 heterocycles. The van der Waals surface area contributed by atoms with Crippen molar-refractivity contribution < 1.29 is 4.79 Å². The standard InChI is InChI=1S/C27H27ClN4OS/c1-4-19-9-15-23(16-10-19)32-26(21-11-13-22(28)14-12-21)30-31-27(32)34-17-24(33)29-25-18(3)7-6-8-20(25)5-2/h6-16H,4-5,17H2,1-3H3,(H,29,33). The van der Waals surface area contributed by atoms with Crippen molar-refractivity contribution in [2.75, 3.05) is 11.1 Å². The minimum Gasteiger partial charge on any atom is -0.325 e. The highest BCUT2D eigenvalue weighted by Crippen LogP contribution is 2.29. The van der Waals surface area contributed by atoms with Crippen molar-refractivity contribution in [3.05, 3.63) is 88.4 Å². The molecule has 0 fully saturated rings. The summed E-state index contributed by atoms with van der Waals surface area (Å²) >= 11 is 7.46. The molecular weight excluding hydrogens is 464 g/mol. The molecule has 1 N–H and O–H groups in total. The highest BCUT2D eigenvalue weighted by molar-refractivity contribution is 7.99. The van der Waals surface area contributed by atoms with Crippen LogP contribution in [-0.2, 0) is 17.6 Å². The number of carbonyl (C=O) groups is 1. The van der Waals surface area contributed by atoms with Gasteiger partial charge in [0.05, 0.1) is 5.75 Å². The average Bonchev–Trinajstić information content (AvgIpc) is 3.28. The first-order chi connectivity index (χ1) is 16.5. The fourth-order valence-electron chi connectivity index (χ4n) is 3.77. The van der Waals surface area contributed by atoms with Crippen molar-refractivity contribution >= 4 is 35.0 Å². The molecular formula is C27H27ClN4OS. The van der Waals surface area contributed by atoms with E-state index in [-0.39, 0.29) is 11.7 Å². The number of para-hydroxylation sites is 1. The summed E-state index contributed by atoms with van der Waals surface area (Å²) in [5.41, 5.74) is 6.18. The molecule has 0 saturated heterocycles. The predicted octanol–water partition coefficient (Wildman–Crippen LogP) is 6.75. The highest BCUT2D eigenvalue weighted by atomic mass is 35.5. The summed E-state index contributed by atoms with van der Waals surface area (Å²) in [6.07, 6.45) is 1.82. The Labute approximate surface area is 209 Å². The Morgan fingerprint density at radius 2 is 1.71 bits per heavy atom.